The number of rotatable bonds is 5. The van der Waals surface area contributed by atoms with E-state index >= 15 is 0 Å². The predicted molar refractivity (Wildman–Crippen MR) is 125 cm³/mol. The number of nitrogen functional groups attached to an aromatic ring is 1. The SMILES string of the molecule is Cc1ccnc(NC(=O)Nc2ccc(-c3c(C(=O)NC4CC4)cn4ncnc(N)c34)cc2)c1. The molecular formula is C23H22N8O2. The molecule has 1 aliphatic carbocycles. The third kappa shape index (κ3) is 4.31. The third-order valence-corrected chi connectivity index (χ3v) is 5.35. The maximum Gasteiger partial charge on any atom is 0.324 e. The number of pyridine rings is 1. The first kappa shape index (κ1) is 20.4. The summed E-state index contributed by atoms with van der Waals surface area (Å²) in [5, 5.41) is 12.7. The Morgan fingerprint density at radius 1 is 1.09 bits per heavy atom. The van der Waals surface area contributed by atoms with Crippen molar-refractivity contribution in [1.82, 2.24) is 24.9 Å². The van der Waals surface area contributed by atoms with Crippen LogP contribution in [0.5, 0.6) is 0 Å². The molecule has 0 bridgehead atoms. The van der Waals surface area contributed by atoms with Gasteiger partial charge in [0.25, 0.3) is 5.91 Å². The molecule has 3 amide bonds. The van der Waals surface area contributed by atoms with Crippen LogP contribution in [0.3, 0.4) is 0 Å². The summed E-state index contributed by atoms with van der Waals surface area (Å²) in [5.41, 5.74) is 10.1. The van der Waals surface area contributed by atoms with E-state index in [9.17, 15) is 9.59 Å². The molecule has 0 radical (unpaired) electrons. The Morgan fingerprint density at radius 2 is 1.88 bits per heavy atom. The van der Waals surface area contributed by atoms with Gasteiger partial charge in [0.2, 0.25) is 0 Å². The highest BCUT2D eigenvalue weighted by molar-refractivity contribution is 6.07. The molecule has 0 aliphatic heterocycles. The molecule has 1 aliphatic rings. The Bertz CT molecular complexity index is 1360. The number of aryl methyl sites for hydroxylation is 1. The van der Waals surface area contributed by atoms with Gasteiger partial charge in [-0.2, -0.15) is 5.10 Å². The molecule has 4 aromatic rings. The number of fused-ring (bicyclic) bond motifs is 1. The van der Waals surface area contributed by atoms with E-state index in [2.05, 4.69) is 31.0 Å². The molecule has 10 nitrogen and oxygen atoms in total. The summed E-state index contributed by atoms with van der Waals surface area (Å²) in [7, 11) is 0. The van der Waals surface area contributed by atoms with E-state index < -0.39 is 6.03 Å². The van der Waals surface area contributed by atoms with E-state index in [0.717, 1.165) is 24.0 Å². The smallest absolute Gasteiger partial charge is 0.324 e. The summed E-state index contributed by atoms with van der Waals surface area (Å²) in [5.74, 6) is 0.563. The zero-order valence-electron chi connectivity index (χ0n) is 17.9. The first-order valence-corrected chi connectivity index (χ1v) is 10.5. The fourth-order valence-corrected chi connectivity index (χ4v) is 3.59. The number of carbonyl (C=O) groups is 2. The standard InChI is InChI=1S/C23H22N8O2/c1-13-8-9-25-18(10-13)30-23(33)29-16-4-2-14(3-5-16)19-17(22(32)28-15-6-7-15)11-31-20(19)21(24)26-12-27-31/h2-5,8-12,15H,6-7H2,1H3,(H,28,32)(H2,24,26,27)(H2,25,29,30,33). The summed E-state index contributed by atoms with van der Waals surface area (Å²) in [4.78, 5) is 33.4. The van der Waals surface area contributed by atoms with E-state index in [-0.39, 0.29) is 17.8 Å². The molecule has 10 heteroatoms. The van der Waals surface area contributed by atoms with E-state index in [0.29, 0.717) is 28.1 Å². The molecule has 5 N–H and O–H groups in total. The van der Waals surface area contributed by atoms with Crippen molar-refractivity contribution in [1.29, 1.82) is 0 Å². The number of hydrogen-bond acceptors (Lipinski definition) is 6. The highest BCUT2D eigenvalue weighted by Gasteiger charge is 2.27. The van der Waals surface area contributed by atoms with Gasteiger partial charge in [-0.25, -0.2) is 19.3 Å². The molecule has 166 valence electrons. The summed E-state index contributed by atoms with van der Waals surface area (Å²) in [6.07, 6.45) is 6.61. The van der Waals surface area contributed by atoms with Crippen LogP contribution in [0.25, 0.3) is 16.6 Å². The largest absolute Gasteiger partial charge is 0.382 e. The molecule has 33 heavy (non-hydrogen) atoms. The van der Waals surface area contributed by atoms with Crippen LogP contribution < -0.4 is 21.7 Å². The zero-order valence-corrected chi connectivity index (χ0v) is 17.9. The fraction of sp³-hybridized carbons (Fsp3) is 0.174. The van der Waals surface area contributed by atoms with Crippen molar-refractivity contribution in [3.8, 4) is 11.1 Å². The Morgan fingerprint density at radius 3 is 2.61 bits per heavy atom. The first-order valence-electron chi connectivity index (χ1n) is 10.5. The first-order chi connectivity index (χ1) is 16.0. The maximum atomic E-state index is 12.9. The van der Waals surface area contributed by atoms with Gasteiger partial charge < -0.3 is 16.4 Å². The number of urea groups is 1. The van der Waals surface area contributed by atoms with Gasteiger partial charge in [0.1, 0.15) is 17.7 Å². The molecule has 1 aromatic carbocycles. The average molecular weight is 442 g/mol. The number of nitrogens with one attached hydrogen (secondary N) is 3. The number of nitrogens with zero attached hydrogens (tertiary/aromatic N) is 4. The predicted octanol–water partition coefficient (Wildman–Crippen LogP) is 3.22. The van der Waals surface area contributed by atoms with Gasteiger partial charge in [0.15, 0.2) is 5.82 Å². The van der Waals surface area contributed by atoms with Crippen molar-refractivity contribution < 1.29 is 9.59 Å². The molecule has 0 unspecified atom stereocenters. The van der Waals surface area contributed by atoms with E-state index in [1.165, 1.54) is 6.33 Å². The Labute approximate surface area is 189 Å². The van der Waals surface area contributed by atoms with Gasteiger partial charge in [-0.1, -0.05) is 12.1 Å². The molecule has 0 saturated heterocycles. The van der Waals surface area contributed by atoms with Crippen molar-refractivity contribution in [2.75, 3.05) is 16.4 Å². The van der Waals surface area contributed by atoms with Crippen LogP contribution in [-0.4, -0.2) is 37.6 Å². The lowest BCUT2D eigenvalue weighted by molar-refractivity contribution is 0.0951. The van der Waals surface area contributed by atoms with E-state index in [1.54, 1.807) is 35.1 Å². The van der Waals surface area contributed by atoms with Crippen molar-refractivity contribution >= 4 is 34.8 Å². The molecule has 0 atom stereocenters. The van der Waals surface area contributed by atoms with Gasteiger partial charge in [-0.15, -0.1) is 0 Å². The number of aromatic nitrogens is 4. The van der Waals surface area contributed by atoms with Crippen molar-refractivity contribution in [3.05, 3.63) is 66.2 Å². The average Bonchev–Trinajstić information content (AvgIpc) is 3.50. The Balaban J connectivity index is 1.42. The third-order valence-electron chi connectivity index (χ3n) is 5.35. The molecule has 0 spiro atoms. The summed E-state index contributed by atoms with van der Waals surface area (Å²) in [6, 6.07) is 10.6. The lowest BCUT2D eigenvalue weighted by Gasteiger charge is -2.10. The van der Waals surface area contributed by atoms with Crippen LogP contribution in [0.4, 0.5) is 22.1 Å². The Kier molecular flexibility index (Phi) is 5.09. The van der Waals surface area contributed by atoms with Gasteiger partial charge in [-0.05, 0) is 55.2 Å². The summed E-state index contributed by atoms with van der Waals surface area (Å²) in [6.45, 7) is 1.92. The number of anilines is 3. The quantitative estimate of drug-likeness (QED) is 0.374. The highest BCUT2D eigenvalue weighted by Crippen LogP contribution is 2.33. The molecule has 5 rings (SSSR count). The normalized spacial score (nSPS) is 13.0. The second-order valence-corrected chi connectivity index (χ2v) is 7.98. The lowest BCUT2D eigenvalue weighted by Crippen LogP contribution is -2.25. The van der Waals surface area contributed by atoms with Crippen molar-refractivity contribution in [2.45, 2.75) is 25.8 Å². The molecule has 1 fully saturated rings. The highest BCUT2D eigenvalue weighted by atomic mass is 16.2. The van der Waals surface area contributed by atoms with Gasteiger partial charge in [0.05, 0.1) is 5.56 Å². The van der Waals surface area contributed by atoms with Crippen LogP contribution in [0, 0.1) is 6.92 Å². The van der Waals surface area contributed by atoms with E-state index in [4.69, 9.17) is 5.73 Å². The minimum Gasteiger partial charge on any atom is -0.382 e. The minimum atomic E-state index is -0.405. The molecule has 3 heterocycles. The number of amides is 3. The summed E-state index contributed by atoms with van der Waals surface area (Å²) < 4.78 is 1.56. The van der Waals surface area contributed by atoms with Crippen molar-refractivity contribution in [2.24, 2.45) is 0 Å². The van der Waals surface area contributed by atoms with Crippen molar-refractivity contribution in [3.63, 3.8) is 0 Å². The van der Waals surface area contributed by atoms with Gasteiger partial charge >= 0.3 is 6.03 Å². The Hall–Kier alpha value is -4.47. The van der Waals surface area contributed by atoms with Crippen LogP contribution in [0.1, 0.15) is 28.8 Å². The number of benzene rings is 1. The van der Waals surface area contributed by atoms with E-state index in [1.807, 2.05) is 25.1 Å². The van der Waals surface area contributed by atoms with Gasteiger partial charge in [-0.3, -0.25) is 10.1 Å². The van der Waals surface area contributed by atoms with Gasteiger partial charge in [0, 0.05) is 29.7 Å². The maximum absolute atomic E-state index is 12.9. The monoisotopic (exact) mass is 442 g/mol. The molecule has 3 aromatic heterocycles. The summed E-state index contributed by atoms with van der Waals surface area (Å²) >= 11 is 0. The minimum absolute atomic E-state index is 0.176. The number of nitrogens with two attached hydrogens (primary N) is 1. The lowest BCUT2D eigenvalue weighted by atomic mass is 10.0. The molecule has 1 saturated carbocycles. The second kappa shape index (κ2) is 8.23. The fourth-order valence-electron chi connectivity index (χ4n) is 3.59. The number of carbonyl (C=O) groups excluding carboxylic acids is 2. The van der Waals surface area contributed by atoms with Crippen LogP contribution in [-0.2, 0) is 0 Å². The van der Waals surface area contributed by atoms with Crippen LogP contribution in [0.2, 0.25) is 0 Å². The second-order valence-electron chi connectivity index (χ2n) is 7.98. The van der Waals surface area contributed by atoms with Crippen LogP contribution >= 0.6 is 0 Å². The number of hydrogen-bond donors (Lipinski definition) is 4. The van der Waals surface area contributed by atoms with Crippen LogP contribution in [0.15, 0.2) is 55.1 Å². The molecular weight excluding hydrogens is 420 g/mol. The topological polar surface area (TPSA) is 139 Å². The zero-order chi connectivity index (χ0) is 22.9.